The van der Waals surface area contributed by atoms with Crippen LogP contribution in [0.15, 0.2) is 30.3 Å². The van der Waals surface area contributed by atoms with E-state index in [1.807, 2.05) is 30.3 Å². The first-order valence-corrected chi connectivity index (χ1v) is 6.18. The van der Waals surface area contributed by atoms with Crippen LogP contribution in [-0.4, -0.2) is 18.6 Å². The van der Waals surface area contributed by atoms with Gasteiger partial charge in [-0.15, -0.1) is 0 Å². The number of anilines is 1. The Morgan fingerprint density at radius 2 is 1.82 bits per heavy atom. The molecule has 0 atom stereocenters. The average molecular weight is 233 g/mol. The van der Waals surface area contributed by atoms with Crippen molar-refractivity contribution in [1.82, 2.24) is 0 Å². The maximum absolute atomic E-state index is 12.3. The van der Waals surface area contributed by atoms with E-state index >= 15 is 0 Å². The van der Waals surface area contributed by atoms with Crippen molar-refractivity contribution in [2.75, 3.05) is 12.4 Å². The summed E-state index contributed by atoms with van der Waals surface area (Å²) in [6.07, 6.45) is 4.97. The summed E-state index contributed by atoms with van der Waals surface area (Å²) in [5.74, 6) is -0.00843. The summed E-state index contributed by atoms with van der Waals surface area (Å²) < 4.78 is 5.50. The maximum atomic E-state index is 12.3. The molecule has 92 valence electrons. The Hall–Kier alpha value is -1.35. The summed E-state index contributed by atoms with van der Waals surface area (Å²) in [4.78, 5) is 12.3. The molecule has 0 heterocycles. The van der Waals surface area contributed by atoms with Crippen LogP contribution < -0.4 is 5.32 Å². The molecule has 1 amide bonds. The Balaban J connectivity index is 2.07. The van der Waals surface area contributed by atoms with Gasteiger partial charge >= 0.3 is 0 Å². The summed E-state index contributed by atoms with van der Waals surface area (Å²) in [6.45, 7) is 0. The summed E-state index contributed by atoms with van der Waals surface area (Å²) in [5.41, 5.74) is 0.216. The number of amides is 1. The molecule has 0 radical (unpaired) electrons. The molecule has 0 spiro atoms. The van der Waals surface area contributed by atoms with Gasteiger partial charge in [-0.2, -0.15) is 0 Å². The number of hydrogen-bond donors (Lipinski definition) is 1. The number of benzene rings is 1. The number of carbonyl (C=O) groups excluding carboxylic acids is 1. The molecule has 3 nitrogen and oxygen atoms in total. The lowest BCUT2D eigenvalue weighted by Crippen LogP contribution is -2.46. The molecule has 1 N–H and O–H groups in total. The highest BCUT2D eigenvalue weighted by Gasteiger charge is 2.39. The molecule has 1 aliphatic rings. The molecule has 0 aromatic heterocycles. The predicted molar refractivity (Wildman–Crippen MR) is 67.9 cm³/mol. The van der Waals surface area contributed by atoms with Crippen molar-refractivity contribution in [3.05, 3.63) is 30.3 Å². The SMILES string of the molecule is COC1(C(=O)Nc2ccccc2)CCCCC1. The van der Waals surface area contributed by atoms with Gasteiger partial charge in [-0.05, 0) is 25.0 Å². The van der Waals surface area contributed by atoms with E-state index in [4.69, 9.17) is 4.74 Å². The number of rotatable bonds is 3. The number of methoxy groups -OCH3 is 1. The lowest BCUT2D eigenvalue weighted by atomic mass is 9.84. The van der Waals surface area contributed by atoms with Crippen LogP contribution in [0.4, 0.5) is 5.69 Å². The minimum absolute atomic E-state index is 0.00843. The van der Waals surface area contributed by atoms with Gasteiger partial charge in [0.05, 0.1) is 0 Å². The summed E-state index contributed by atoms with van der Waals surface area (Å²) in [7, 11) is 1.63. The molecule has 0 saturated heterocycles. The third-order valence-corrected chi connectivity index (χ3v) is 3.50. The fraction of sp³-hybridized carbons (Fsp3) is 0.500. The Morgan fingerprint density at radius 1 is 1.18 bits per heavy atom. The monoisotopic (exact) mass is 233 g/mol. The fourth-order valence-corrected chi connectivity index (χ4v) is 2.41. The second-order valence-electron chi connectivity index (χ2n) is 4.58. The van der Waals surface area contributed by atoms with Crippen molar-refractivity contribution >= 4 is 11.6 Å². The highest BCUT2D eigenvalue weighted by Crippen LogP contribution is 2.32. The number of nitrogens with one attached hydrogen (secondary N) is 1. The molecule has 1 aromatic rings. The van der Waals surface area contributed by atoms with Crippen molar-refractivity contribution in [2.45, 2.75) is 37.7 Å². The van der Waals surface area contributed by atoms with Gasteiger partial charge in [0.1, 0.15) is 5.60 Å². The summed E-state index contributed by atoms with van der Waals surface area (Å²) in [5, 5.41) is 2.94. The summed E-state index contributed by atoms with van der Waals surface area (Å²) in [6, 6.07) is 9.54. The number of carbonyl (C=O) groups is 1. The summed E-state index contributed by atoms with van der Waals surface area (Å²) >= 11 is 0. The van der Waals surface area contributed by atoms with Crippen molar-refractivity contribution in [3.63, 3.8) is 0 Å². The van der Waals surface area contributed by atoms with E-state index in [0.29, 0.717) is 0 Å². The van der Waals surface area contributed by atoms with Gasteiger partial charge in [0.15, 0.2) is 0 Å². The lowest BCUT2D eigenvalue weighted by molar-refractivity contribution is -0.141. The lowest BCUT2D eigenvalue weighted by Gasteiger charge is -2.34. The third-order valence-electron chi connectivity index (χ3n) is 3.50. The average Bonchev–Trinajstić information content (AvgIpc) is 2.40. The molecule has 17 heavy (non-hydrogen) atoms. The number of hydrogen-bond acceptors (Lipinski definition) is 2. The molecule has 1 fully saturated rings. The van der Waals surface area contributed by atoms with Crippen LogP contribution in [0.2, 0.25) is 0 Å². The van der Waals surface area contributed by atoms with Crippen LogP contribution in [-0.2, 0) is 9.53 Å². The van der Waals surface area contributed by atoms with E-state index < -0.39 is 5.60 Å². The molecular weight excluding hydrogens is 214 g/mol. The first-order chi connectivity index (χ1) is 8.27. The van der Waals surface area contributed by atoms with Gasteiger partial charge in [-0.25, -0.2) is 0 Å². The fourth-order valence-electron chi connectivity index (χ4n) is 2.41. The normalized spacial score (nSPS) is 18.6. The van der Waals surface area contributed by atoms with E-state index in [1.54, 1.807) is 7.11 Å². The largest absolute Gasteiger partial charge is 0.368 e. The second-order valence-corrected chi connectivity index (χ2v) is 4.58. The molecule has 2 rings (SSSR count). The molecule has 1 aliphatic carbocycles. The van der Waals surface area contributed by atoms with E-state index in [-0.39, 0.29) is 5.91 Å². The second kappa shape index (κ2) is 5.32. The van der Waals surface area contributed by atoms with E-state index in [9.17, 15) is 4.79 Å². The van der Waals surface area contributed by atoms with Crippen LogP contribution in [0.5, 0.6) is 0 Å². The topological polar surface area (TPSA) is 38.3 Å². The number of para-hydroxylation sites is 1. The Kier molecular flexibility index (Phi) is 3.79. The minimum atomic E-state index is -0.617. The highest BCUT2D eigenvalue weighted by atomic mass is 16.5. The molecule has 0 bridgehead atoms. The zero-order valence-corrected chi connectivity index (χ0v) is 10.2. The van der Waals surface area contributed by atoms with E-state index in [1.165, 1.54) is 6.42 Å². The van der Waals surface area contributed by atoms with Crippen molar-refractivity contribution in [2.24, 2.45) is 0 Å². The number of ether oxygens (including phenoxy) is 1. The van der Waals surface area contributed by atoms with Gasteiger partial charge in [0.2, 0.25) is 0 Å². The van der Waals surface area contributed by atoms with Gasteiger partial charge in [0.25, 0.3) is 5.91 Å². The van der Waals surface area contributed by atoms with E-state index in [2.05, 4.69) is 5.32 Å². The maximum Gasteiger partial charge on any atom is 0.256 e. The Bertz CT molecular complexity index is 369. The molecule has 0 aliphatic heterocycles. The molecule has 3 heteroatoms. The third kappa shape index (κ3) is 2.67. The van der Waals surface area contributed by atoms with Gasteiger partial charge < -0.3 is 10.1 Å². The predicted octanol–water partition coefficient (Wildman–Crippen LogP) is 2.97. The molecule has 0 unspecified atom stereocenters. The zero-order chi connectivity index (χ0) is 12.1. The first kappa shape index (κ1) is 12.1. The van der Waals surface area contributed by atoms with Crippen LogP contribution in [0, 0.1) is 0 Å². The van der Waals surface area contributed by atoms with Crippen molar-refractivity contribution in [3.8, 4) is 0 Å². The zero-order valence-electron chi connectivity index (χ0n) is 10.2. The smallest absolute Gasteiger partial charge is 0.256 e. The van der Waals surface area contributed by atoms with Crippen LogP contribution in [0.3, 0.4) is 0 Å². The minimum Gasteiger partial charge on any atom is -0.368 e. The van der Waals surface area contributed by atoms with Gasteiger partial charge in [-0.1, -0.05) is 37.5 Å². The molecular formula is C14H19NO2. The van der Waals surface area contributed by atoms with Gasteiger partial charge in [-0.3, -0.25) is 4.79 Å². The van der Waals surface area contributed by atoms with Crippen molar-refractivity contribution in [1.29, 1.82) is 0 Å². The molecule has 1 aromatic carbocycles. The highest BCUT2D eigenvalue weighted by molar-refractivity contribution is 5.97. The Labute approximate surface area is 102 Å². The van der Waals surface area contributed by atoms with Crippen LogP contribution in [0.25, 0.3) is 0 Å². The van der Waals surface area contributed by atoms with Crippen molar-refractivity contribution < 1.29 is 9.53 Å². The quantitative estimate of drug-likeness (QED) is 0.871. The Morgan fingerprint density at radius 3 is 2.41 bits per heavy atom. The van der Waals surface area contributed by atoms with Crippen LogP contribution >= 0.6 is 0 Å². The standard InChI is InChI=1S/C14H19NO2/c1-17-14(10-6-3-7-11-14)13(16)15-12-8-4-2-5-9-12/h2,4-5,8-9H,3,6-7,10-11H2,1H3,(H,15,16). The molecule has 1 saturated carbocycles. The van der Waals surface area contributed by atoms with E-state index in [0.717, 1.165) is 31.4 Å². The van der Waals surface area contributed by atoms with Crippen LogP contribution in [0.1, 0.15) is 32.1 Å². The first-order valence-electron chi connectivity index (χ1n) is 6.18. The van der Waals surface area contributed by atoms with Gasteiger partial charge in [0, 0.05) is 12.8 Å².